The fraction of sp³-hybridized carbons (Fsp3) is 0.120. The van der Waals surface area contributed by atoms with E-state index in [1.54, 1.807) is 24.4 Å². The Morgan fingerprint density at radius 1 is 1.00 bits per heavy atom. The lowest BCUT2D eigenvalue weighted by atomic mass is 10.1. The Hall–Kier alpha value is -5.11. The van der Waals surface area contributed by atoms with E-state index in [0.29, 0.717) is 17.1 Å². The van der Waals surface area contributed by atoms with E-state index in [2.05, 4.69) is 37.5 Å². The highest BCUT2D eigenvalue weighted by Gasteiger charge is 2.32. The molecule has 5 N–H and O–H groups in total. The summed E-state index contributed by atoms with van der Waals surface area (Å²) < 4.78 is 43.3. The Morgan fingerprint density at radius 2 is 1.69 bits per heavy atom. The van der Waals surface area contributed by atoms with Gasteiger partial charge in [-0.1, -0.05) is 18.7 Å². The molecule has 0 spiro atoms. The van der Waals surface area contributed by atoms with Gasteiger partial charge in [0.05, 0.1) is 11.3 Å². The summed E-state index contributed by atoms with van der Waals surface area (Å²) in [7, 11) is 0. The van der Waals surface area contributed by atoms with Crippen LogP contribution in [0.2, 0.25) is 0 Å². The molecule has 39 heavy (non-hydrogen) atoms. The number of carbonyl (C=O) groups is 2. The summed E-state index contributed by atoms with van der Waals surface area (Å²) in [5, 5.41) is 34.8. The molecule has 2 heterocycles. The zero-order valence-electron chi connectivity index (χ0n) is 20.2. The number of benzene rings is 2. The van der Waals surface area contributed by atoms with E-state index < -0.39 is 35.5 Å². The third-order valence-electron chi connectivity index (χ3n) is 5.36. The molecule has 4 rings (SSSR count). The molecular weight excluding hydrogens is 521 g/mol. The van der Waals surface area contributed by atoms with Crippen molar-refractivity contribution in [3.63, 3.8) is 0 Å². The lowest BCUT2D eigenvalue weighted by molar-refractivity contribution is -0.274. The van der Waals surface area contributed by atoms with Gasteiger partial charge in [-0.3, -0.25) is 9.20 Å². The fourth-order valence-corrected chi connectivity index (χ4v) is 3.42. The van der Waals surface area contributed by atoms with Crippen LogP contribution in [0.25, 0.3) is 17.0 Å². The molecule has 0 radical (unpaired) electrons. The molecule has 11 nitrogen and oxygen atoms in total. The number of urea groups is 1. The maximum Gasteiger partial charge on any atom is 0.573 e. The zero-order chi connectivity index (χ0) is 28.4. The van der Waals surface area contributed by atoms with Gasteiger partial charge in [-0.25, -0.2) is 4.79 Å². The second kappa shape index (κ2) is 10.3. The number of aromatic nitrogens is 3. The van der Waals surface area contributed by atoms with Gasteiger partial charge in [-0.2, -0.15) is 0 Å². The van der Waals surface area contributed by atoms with Gasteiger partial charge in [-0.15, -0.1) is 23.4 Å². The van der Waals surface area contributed by atoms with Gasteiger partial charge in [0.2, 0.25) is 0 Å². The molecule has 0 fully saturated rings. The highest BCUT2D eigenvalue weighted by molar-refractivity contribution is 6.01. The van der Waals surface area contributed by atoms with Crippen molar-refractivity contribution in [3.05, 3.63) is 84.8 Å². The first-order valence-electron chi connectivity index (χ1n) is 11.1. The van der Waals surface area contributed by atoms with E-state index in [1.165, 1.54) is 40.8 Å². The molecule has 3 amide bonds. The number of anilines is 2. The molecule has 0 unspecified atom stereocenters. The quantitative estimate of drug-likeness (QED) is 0.171. The molecule has 2 aromatic carbocycles. The Morgan fingerprint density at radius 3 is 2.36 bits per heavy atom. The SMILES string of the molecule is C=C(O)[C@@](C)(O)NC(=O)c1cccn2c(-c3ccc(NC(=O)Nc4ccccc4OC(F)(F)F)cc3)nnc12. The van der Waals surface area contributed by atoms with Crippen LogP contribution >= 0.6 is 0 Å². The molecule has 0 aliphatic rings. The molecule has 0 saturated carbocycles. The van der Waals surface area contributed by atoms with Crippen LogP contribution in [0, 0.1) is 0 Å². The number of para-hydroxylation sites is 2. The third kappa shape index (κ3) is 6.24. The Labute approximate surface area is 218 Å². The number of amides is 3. The van der Waals surface area contributed by atoms with Gasteiger partial charge in [0.25, 0.3) is 5.91 Å². The second-order valence-electron chi connectivity index (χ2n) is 8.31. The summed E-state index contributed by atoms with van der Waals surface area (Å²) in [5.41, 5.74) is -1.11. The summed E-state index contributed by atoms with van der Waals surface area (Å²) in [6.45, 7) is 4.38. The number of carbonyl (C=O) groups excluding carboxylic acids is 2. The number of ether oxygens (including phenoxy) is 1. The standard InChI is InChI=1S/C25H21F3N6O5/c1-14(35)24(2,38)31-22(36)17-6-5-13-34-20(32-33-21(17)34)15-9-11-16(12-10-15)29-23(37)30-18-7-3-4-8-19(18)39-25(26,27)28/h3-13,35,38H,1H2,2H3,(H,31,36)(H2,29,30,37)/t24-/m1/s1. The van der Waals surface area contributed by atoms with Crippen molar-refractivity contribution >= 4 is 29.0 Å². The van der Waals surface area contributed by atoms with Crippen molar-refractivity contribution in [2.75, 3.05) is 10.6 Å². The van der Waals surface area contributed by atoms with Gasteiger partial charge in [0, 0.05) is 17.4 Å². The van der Waals surface area contributed by atoms with E-state index in [1.807, 2.05) is 0 Å². The lowest BCUT2D eigenvalue weighted by Gasteiger charge is -2.23. The summed E-state index contributed by atoms with van der Waals surface area (Å²) in [4.78, 5) is 25.0. The van der Waals surface area contributed by atoms with Crippen molar-refractivity contribution in [2.45, 2.75) is 19.0 Å². The molecule has 14 heteroatoms. The molecule has 2 aromatic heterocycles. The topological polar surface area (TPSA) is 150 Å². The zero-order valence-corrected chi connectivity index (χ0v) is 20.2. The van der Waals surface area contributed by atoms with Crippen LogP contribution < -0.4 is 20.7 Å². The van der Waals surface area contributed by atoms with Crippen molar-refractivity contribution in [1.29, 1.82) is 0 Å². The van der Waals surface area contributed by atoms with E-state index in [0.717, 1.165) is 13.0 Å². The maximum absolute atomic E-state index is 12.7. The summed E-state index contributed by atoms with van der Waals surface area (Å²) >= 11 is 0. The van der Waals surface area contributed by atoms with Crippen LogP contribution in [0.1, 0.15) is 17.3 Å². The third-order valence-corrected chi connectivity index (χ3v) is 5.36. The molecule has 1 atom stereocenters. The minimum atomic E-state index is -4.92. The van der Waals surface area contributed by atoms with E-state index >= 15 is 0 Å². The number of rotatable bonds is 7. The van der Waals surface area contributed by atoms with Crippen LogP contribution in [0.5, 0.6) is 5.75 Å². The average molecular weight is 542 g/mol. The van der Waals surface area contributed by atoms with Crippen molar-refractivity contribution in [3.8, 4) is 17.1 Å². The first-order valence-corrected chi connectivity index (χ1v) is 11.1. The first-order chi connectivity index (χ1) is 18.3. The Kier molecular flexibility index (Phi) is 7.14. The molecule has 0 aliphatic carbocycles. The number of aliphatic hydroxyl groups excluding tert-OH is 1. The molecule has 0 bridgehead atoms. The van der Waals surface area contributed by atoms with E-state index in [9.17, 15) is 33.0 Å². The number of fused-ring (bicyclic) bond motifs is 1. The highest BCUT2D eigenvalue weighted by atomic mass is 19.4. The number of hydrogen-bond donors (Lipinski definition) is 5. The predicted octanol–water partition coefficient (Wildman–Crippen LogP) is 4.45. The van der Waals surface area contributed by atoms with Gasteiger partial charge in [0.1, 0.15) is 5.76 Å². The number of nitrogens with zero attached hydrogens (tertiary/aromatic N) is 3. The summed E-state index contributed by atoms with van der Waals surface area (Å²) in [5.74, 6) is -1.59. The van der Waals surface area contributed by atoms with Gasteiger partial charge >= 0.3 is 12.4 Å². The van der Waals surface area contributed by atoms with Crippen LogP contribution in [0.3, 0.4) is 0 Å². The Balaban J connectivity index is 1.49. The number of alkyl halides is 3. The second-order valence-corrected chi connectivity index (χ2v) is 8.31. The largest absolute Gasteiger partial charge is 0.573 e. The minimum Gasteiger partial charge on any atom is -0.508 e. The van der Waals surface area contributed by atoms with Crippen molar-refractivity contribution < 1.29 is 37.7 Å². The normalized spacial score (nSPS) is 12.8. The van der Waals surface area contributed by atoms with Crippen molar-refractivity contribution in [2.24, 2.45) is 0 Å². The average Bonchev–Trinajstić information content (AvgIpc) is 3.29. The number of nitrogens with one attached hydrogen (secondary N) is 3. The monoisotopic (exact) mass is 542 g/mol. The van der Waals surface area contributed by atoms with Crippen LogP contribution in [-0.4, -0.2) is 48.8 Å². The molecule has 4 aromatic rings. The van der Waals surface area contributed by atoms with E-state index in [-0.39, 0.29) is 16.9 Å². The molecular formula is C25H21F3N6O5. The molecule has 0 saturated heterocycles. The highest BCUT2D eigenvalue weighted by Crippen LogP contribution is 2.30. The number of halogens is 3. The van der Waals surface area contributed by atoms with E-state index in [4.69, 9.17) is 0 Å². The molecule has 202 valence electrons. The van der Waals surface area contributed by atoms with Crippen LogP contribution in [0.15, 0.2) is 79.2 Å². The maximum atomic E-state index is 12.7. The van der Waals surface area contributed by atoms with Gasteiger partial charge in [-0.05, 0) is 55.5 Å². The lowest BCUT2D eigenvalue weighted by Crippen LogP contribution is -2.47. The fourth-order valence-electron chi connectivity index (χ4n) is 3.42. The van der Waals surface area contributed by atoms with Crippen molar-refractivity contribution in [1.82, 2.24) is 19.9 Å². The number of hydrogen-bond acceptors (Lipinski definition) is 7. The minimum absolute atomic E-state index is 0.0718. The summed E-state index contributed by atoms with van der Waals surface area (Å²) in [6, 6.07) is 13.6. The van der Waals surface area contributed by atoms with Crippen LogP contribution in [0.4, 0.5) is 29.3 Å². The predicted molar refractivity (Wildman–Crippen MR) is 134 cm³/mol. The number of aliphatic hydroxyl groups is 2. The van der Waals surface area contributed by atoms with Gasteiger partial charge in [0.15, 0.2) is 22.9 Å². The Bertz CT molecular complexity index is 1550. The number of pyridine rings is 1. The summed E-state index contributed by atoms with van der Waals surface area (Å²) in [6.07, 6.45) is -3.31. The van der Waals surface area contributed by atoms with Gasteiger partial charge < -0.3 is 30.9 Å². The molecule has 0 aliphatic heterocycles. The smallest absolute Gasteiger partial charge is 0.508 e. The first kappa shape index (κ1) is 26.9. The van der Waals surface area contributed by atoms with Crippen LogP contribution in [-0.2, 0) is 0 Å².